The molecule has 1 fully saturated rings. The van der Waals surface area contributed by atoms with Crippen LogP contribution in [0, 0.1) is 5.92 Å². The van der Waals surface area contributed by atoms with Crippen molar-refractivity contribution in [2.24, 2.45) is 16.8 Å². The highest BCUT2D eigenvalue weighted by Crippen LogP contribution is 2.24. The molecule has 5 nitrogen and oxygen atoms in total. The molecule has 0 bridgehead atoms. The predicted octanol–water partition coefficient (Wildman–Crippen LogP) is 0.652. The van der Waals surface area contributed by atoms with Crippen molar-refractivity contribution in [3.05, 3.63) is 0 Å². The van der Waals surface area contributed by atoms with Gasteiger partial charge < -0.3 is 21.4 Å². The maximum absolute atomic E-state index is 9.41. The number of aliphatic hydroxyl groups excluding tert-OH is 1. The highest BCUT2D eigenvalue weighted by molar-refractivity contribution is 5.80. The second kappa shape index (κ2) is 6.70. The second-order valence-corrected chi connectivity index (χ2v) is 4.64. The molecule has 16 heavy (non-hydrogen) atoms. The van der Waals surface area contributed by atoms with Crippen LogP contribution in [0.25, 0.3) is 0 Å². The maximum atomic E-state index is 9.41. The van der Waals surface area contributed by atoms with Gasteiger partial charge in [-0.25, -0.2) is 0 Å². The molecule has 5 N–H and O–H groups in total. The maximum Gasteiger partial charge on any atom is 0.140 e. The van der Waals surface area contributed by atoms with Gasteiger partial charge in [0.25, 0.3) is 0 Å². The molecule has 0 aliphatic heterocycles. The number of amidine groups is 1. The monoisotopic (exact) mass is 229 g/mol. The number of oxime groups is 1. The Morgan fingerprint density at radius 3 is 2.81 bits per heavy atom. The van der Waals surface area contributed by atoms with E-state index in [1.807, 2.05) is 0 Å². The largest absolute Gasteiger partial charge is 0.409 e. The minimum Gasteiger partial charge on any atom is -0.409 e. The summed E-state index contributed by atoms with van der Waals surface area (Å²) in [6.07, 6.45) is 4.31. The van der Waals surface area contributed by atoms with Crippen LogP contribution in [0.3, 0.4) is 0 Å². The predicted molar refractivity (Wildman–Crippen MR) is 63.5 cm³/mol. The third-order valence-corrected chi connectivity index (χ3v) is 3.29. The summed E-state index contributed by atoms with van der Waals surface area (Å²) in [6, 6.07) is 0.258. The zero-order valence-corrected chi connectivity index (χ0v) is 9.89. The molecule has 1 aliphatic carbocycles. The smallest absolute Gasteiger partial charge is 0.140 e. The molecule has 0 amide bonds. The first-order valence-electron chi connectivity index (χ1n) is 6.03. The first-order valence-corrected chi connectivity index (χ1v) is 6.03. The molecular weight excluding hydrogens is 206 g/mol. The van der Waals surface area contributed by atoms with Crippen LogP contribution in [-0.4, -0.2) is 34.8 Å². The van der Waals surface area contributed by atoms with Gasteiger partial charge in [0.1, 0.15) is 5.84 Å². The molecule has 1 rings (SSSR count). The van der Waals surface area contributed by atoms with Crippen LogP contribution in [0.1, 0.15) is 39.0 Å². The lowest BCUT2D eigenvalue weighted by Gasteiger charge is -2.18. The van der Waals surface area contributed by atoms with Gasteiger partial charge in [0.05, 0.1) is 6.10 Å². The third-order valence-electron chi connectivity index (χ3n) is 3.29. The SMILES string of the molecule is CCC(CC(N)=NO)NCC1CCC(O)C1. The molecule has 1 saturated carbocycles. The van der Waals surface area contributed by atoms with E-state index in [0.29, 0.717) is 12.3 Å². The van der Waals surface area contributed by atoms with E-state index in [0.717, 1.165) is 32.2 Å². The fraction of sp³-hybridized carbons (Fsp3) is 0.909. The van der Waals surface area contributed by atoms with Gasteiger partial charge in [0, 0.05) is 12.5 Å². The number of aliphatic hydroxyl groups is 1. The molecule has 0 saturated heterocycles. The van der Waals surface area contributed by atoms with Gasteiger partial charge in [0.15, 0.2) is 0 Å². The zero-order valence-electron chi connectivity index (χ0n) is 9.89. The highest BCUT2D eigenvalue weighted by Gasteiger charge is 2.23. The van der Waals surface area contributed by atoms with E-state index in [9.17, 15) is 5.11 Å². The van der Waals surface area contributed by atoms with Crippen LogP contribution in [0.15, 0.2) is 5.16 Å². The van der Waals surface area contributed by atoms with E-state index in [1.165, 1.54) is 0 Å². The van der Waals surface area contributed by atoms with E-state index in [2.05, 4.69) is 17.4 Å². The topological polar surface area (TPSA) is 90.9 Å². The summed E-state index contributed by atoms with van der Waals surface area (Å²) in [5, 5.41) is 24.3. The Morgan fingerprint density at radius 1 is 1.56 bits per heavy atom. The van der Waals surface area contributed by atoms with Gasteiger partial charge in [-0.2, -0.15) is 0 Å². The summed E-state index contributed by atoms with van der Waals surface area (Å²) in [5.74, 6) is 0.835. The molecular formula is C11H23N3O2. The van der Waals surface area contributed by atoms with Crippen molar-refractivity contribution in [2.45, 2.75) is 51.2 Å². The Morgan fingerprint density at radius 2 is 2.31 bits per heavy atom. The van der Waals surface area contributed by atoms with Crippen molar-refractivity contribution >= 4 is 5.84 Å². The quantitative estimate of drug-likeness (QED) is 0.233. The Balaban J connectivity index is 2.23. The Bertz CT molecular complexity index is 233. The minimum absolute atomic E-state index is 0.115. The lowest BCUT2D eigenvalue weighted by atomic mass is 10.1. The summed E-state index contributed by atoms with van der Waals surface area (Å²) in [6.45, 7) is 2.99. The summed E-state index contributed by atoms with van der Waals surface area (Å²) < 4.78 is 0. The van der Waals surface area contributed by atoms with Crippen LogP contribution >= 0.6 is 0 Å². The second-order valence-electron chi connectivity index (χ2n) is 4.64. The fourth-order valence-corrected chi connectivity index (χ4v) is 2.22. The lowest BCUT2D eigenvalue weighted by Crippen LogP contribution is -2.36. The third kappa shape index (κ3) is 4.37. The molecule has 0 aromatic heterocycles. The standard InChI is InChI=1S/C11H23N3O2/c1-2-9(6-11(12)14-16)13-7-8-3-4-10(15)5-8/h8-10,13,15-16H,2-7H2,1H3,(H2,12,14). The number of nitrogens with two attached hydrogens (primary N) is 1. The first kappa shape index (κ1) is 13.3. The van der Waals surface area contributed by atoms with Gasteiger partial charge in [-0.1, -0.05) is 12.1 Å². The van der Waals surface area contributed by atoms with Crippen molar-refractivity contribution in [3.63, 3.8) is 0 Å². The molecule has 0 spiro atoms. The Hall–Kier alpha value is -0.810. The van der Waals surface area contributed by atoms with Crippen LogP contribution in [0.4, 0.5) is 0 Å². The van der Waals surface area contributed by atoms with E-state index >= 15 is 0 Å². The summed E-state index contributed by atoms with van der Waals surface area (Å²) in [4.78, 5) is 0. The van der Waals surface area contributed by atoms with Gasteiger partial charge in [-0.15, -0.1) is 0 Å². The van der Waals surface area contributed by atoms with Crippen molar-refractivity contribution in [3.8, 4) is 0 Å². The van der Waals surface area contributed by atoms with Crippen LogP contribution < -0.4 is 11.1 Å². The summed E-state index contributed by atoms with van der Waals surface area (Å²) >= 11 is 0. The van der Waals surface area contributed by atoms with E-state index < -0.39 is 0 Å². The molecule has 3 atom stereocenters. The molecule has 0 radical (unpaired) electrons. The molecule has 0 heterocycles. The first-order chi connectivity index (χ1) is 7.65. The number of nitrogens with one attached hydrogen (secondary N) is 1. The number of rotatable bonds is 6. The van der Waals surface area contributed by atoms with E-state index in [1.54, 1.807) is 0 Å². The van der Waals surface area contributed by atoms with Crippen molar-refractivity contribution in [1.82, 2.24) is 5.32 Å². The molecule has 5 heteroatoms. The van der Waals surface area contributed by atoms with Crippen molar-refractivity contribution in [1.29, 1.82) is 0 Å². The van der Waals surface area contributed by atoms with Gasteiger partial charge >= 0.3 is 0 Å². The Labute approximate surface area is 96.7 Å². The fourth-order valence-electron chi connectivity index (χ4n) is 2.22. The molecule has 1 aliphatic rings. The van der Waals surface area contributed by atoms with Crippen LogP contribution in [0.2, 0.25) is 0 Å². The highest BCUT2D eigenvalue weighted by atomic mass is 16.4. The summed E-state index contributed by atoms with van der Waals surface area (Å²) in [5.41, 5.74) is 5.48. The van der Waals surface area contributed by atoms with E-state index in [4.69, 9.17) is 10.9 Å². The average molecular weight is 229 g/mol. The lowest BCUT2D eigenvalue weighted by molar-refractivity contribution is 0.177. The van der Waals surface area contributed by atoms with Crippen molar-refractivity contribution in [2.75, 3.05) is 6.54 Å². The zero-order chi connectivity index (χ0) is 12.0. The van der Waals surface area contributed by atoms with Crippen LogP contribution in [-0.2, 0) is 0 Å². The van der Waals surface area contributed by atoms with Crippen molar-refractivity contribution < 1.29 is 10.3 Å². The summed E-state index contributed by atoms with van der Waals surface area (Å²) in [7, 11) is 0. The molecule has 0 aromatic carbocycles. The molecule has 0 aromatic rings. The van der Waals surface area contributed by atoms with Gasteiger partial charge in [0.2, 0.25) is 0 Å². The molecule has 3 unspecified atom stereocenters. The Kier molecular flexibility index (Phi) is 5.55. The van der Waals surface area contributed by atoms with Crippen LogP contribution in [0.5, 0.6) is 0 Å². The minimum atomic E-state index is -0.115. The number of hydrogen-bond acceptors (Lipinski definition) is 4. The normalized spacial score (nSPS) is 28.2. The van der Waals surface area contributed by atoms with Gasteiger partial charge in [-0.3, -0.25) is 0 Å². The number of hydrogen-bond donors (Lipinski definition) is 4. The van der Waals surface area contributed by atoms with E-state index in [-0.39, 0.29) is 18.0 Å². The molecule has 94 valence electrons. The number of nitrogens with zero attached hydrogens (tertiary/aromatic N) is 1. The van der Waals surface area contributed by atoms with Gasteiger partial charge in [-0.05, 0) is 38.1 Å². The average Bonchev–Trinajstić information content (AvgIpc) is 2.69.